The highest BCUT2D eigenvalue weighted by molar-refractivity contribution is 5.65. The van der Waals surface area contributed by atoms with E-state index in [0.717, 1.165) is 17.8 Å². The van der Waals surface area contributed by atoms with E-state index in [-0.39, 0.29) is 0 Å². The zero-order chi connectivity index (χ0) is 11.5. The number of hydrogen-bond acceptors (Lipinski definition) is 2. The monoisotopic (exact) mass is 214 g/mol. The number of nitriles is 1. The fraction of sp³-hybridized carbons (Fsp3) is 0.500. The molecular formula is C14H18N2. The zero-order valence-corrected chi connectivity index (χ0v) is 10.0. The van der Waals surface area contributed by atoms with E-state index in [4.69, 9.17) is 0 Å². The molecule has 1 aliphatic heterocycles. The number of rotatable bonds is 2. The van der Waals surface area contributed by atoms with Gasteiger partial charge >= 0.3 is 0 Å². The van der Waals surface area contributed by atoms with Crippen LogP contribution in [0.1, 0.15) is 37.3 Å². The Hall–Kier alpha value is -1.49. The molecule has 1 atom stereocenters. The van der Waals surface area contributed by atoms with Gasteiger partial charge in [0.1, 0.15) is 6.07 Å². The molecule has 0 aromatic heterocycles. The smallest absolute Gasteiger partial charge is 0.101 e. The second-order valence-electron chi connectivity index (χ2n) is 4.48. The first-order valence-electron chi connectivity index (χ1n) is 6.04. The third-order valence-corrected chi connectivity index (χ3v) is 3.49. The molecule has 1 saturated heterocycles. The molecule has 0 aliphatic carbocycles. The summed E-state index contributed by atoms with van der Waals surface area (Å²) in [6.45, 7) is 5.42. The highest BCUT2D eigenvalue weighted by Crippen LogP contribution is 2.32. The second kappa shape index (κ2) is 4.57. The standard InChI is InChI=1S/C14H18N2/c1-3-13-8-5-9-16(13)14-11(2)6-4-7-12(14)10-15/h4,6-7,13H,3,5,8-9H2,1-2H3. The van der Waals surface area contributed by atoms with E-state index in [2.05, 4.69) is 30.9 Å². The summed E-state index contributed by atoms with van der Waals surface area (Å²) in [5, 5.41) is 9.19. The largest absolute Gasteiger partial charge is 0.367 e. The lowest BCUT2D eigenvalue weighted by atomic mass is 10.1. The van der Waals surface area contributed by atoms with Gasteiger partial charge in [0.15, 0.2) is 0 Å². The van der Waals surface area contributed by atoms with Crippen LogP contribution in [0.25, 0.3) is 0 Å². The summed E-state index contributed by atoms with van der Waals surface area (Å²) in [6, 6.07) is 8.92. The average molecular weight is 214 g/mol. The number of benzene rings is 1. The van der Waals surface area contributed by atoms with Gasteiger partial charge < -0.3 is 4.90 Å². The molecule has 16 heavy (non-hydrogen) atoms. The molecule has 2 heteroatoms. The molecule has 1 aromatic rings. The lowest BCUT2D eigenvalue weighted by Crippen LogP contribution is -2.29. The maximum absolute atomic E-state index is 9.19. The predicted octanol–water partition coefficient (Wildman–Crippen LogP) is 3.25. The maximum atomic E-state index is 9.19. The molecule has 1 heterocycles. The van der Waals surface area contributed by atoms with Crippen LogP contribution < -0.4 is 4.90 Å². The fourth-order valence-electron chi connectivity index (χ4n) is 2.68. The molecule has 1 aromatic carbocycles. The Labute approximate surface area is 97.5 Å². The number of nitrogens with zero attached hydrogens (tertiary/aromatic N) is 2. The number of para-hydroxylation sites is 1. The van der Waals surface area contributed by atoms with Crippen LogP contribution in [0.4, 0.5) is 5.69 Å². The first-order chi connectivity index (χ1) is 7.77. The summed E-state index contributed by atoms with van der Waals surface area (Å²) in [5.74, 6) is 0. The first-order valence-corrected chi connectivity index (χ1v) is 6.04. The van der Waals surface area contributed by atoms with Gasteiger partial charge in [0.05, 0.1) is 11.3 Å². The molecule has 0 bridgehead atoms. The van der Waals surface area contributed by atoms with Crippen molar-refractivity contribution >= 4 is 5.69 Å². The molecule has 1 unspecified atom stereocenters. The van der Waals surface area contributed by atoms with Crippen molar-refractivity contribution in [3.63, 3.8) is 0 Å². The van der Waals surface area contributed by atoms with Crippen molar-refractivity contribution in [1.82, 2.24) is 0 Å². The molecule has 2 nitrogen and oxygen atoms in total. The van der Waals surface area contributed by atoms with E-state index < -0.39 is 0 Å². The van der Waals surface area contributed by atoms with Crippen LogP contribution >= 0.6 is 0 Å². The Morgan fingerprint density at radius 2 is 2.31 bits per heavy atom. The van der Waals surface area contributed by atoms with E-state index in [1.165, 1.54) is 24.8 Å². The minimum atomic E-state index is 0.619. The molecule has 1 aliphatic rings. The van der Waals surface area contributed by atoms with Gasteiger partial charge in [-0.1, -0.05) is 19.1 Å². The van der Waals surface area contributed by atoms with Gasteiger partial charge in [0, 0.05) is 12.6 Å². The molecule has 84 valence electrons. The lowest BCUT2D eigenvalue weighted by molar-refractivity contribution is 0.644. The quantitative estimate of drug-likeness (QED) is 0.755. The highest BCUT2D eigenvalue weighted by Gasteiger charge is 2.25. The summed E-state index contributed by atoms with van der Waals surface area (Å²) >= 11 is 0. The van der Waals surface area contributed by atoms with Crippen molar-refractivity contribution in [3.05, 3.63) is 29.3 Å². The van der Waals surface area contributed by atoms with Crippen molar-refractivity contribution in [2.75, 3.05) is 11.4 Å². The predicted molar refractivity (Wildman–Crippen MR) is 66.6 cm³/mol. The van der Waals surface area contributed by atoms with Crippen LogP contribution in [-0.4, -0.2) is 12.6 Å². The van der Waals surface area contributed by atoms with Crippen LogP contribution in [0.15, 0.2) is 18.2 Å². The Balaban J connectivity index is 2.43. The van der Waals surface area contributed by atoms with E-state index >= 15 is 0 Å². The van der Waals surface area contributed by atoms with E-state index in [1.54, 1.807) is 0 Å². The van der Waals surface area contributed by atoms with Crippen molar-refractivity contribution in [2.45, 2.75) is 39.2 Å². The Bertz CT molecular complexity index is 417. The fourth-order valence-corrected chi connectivity index (χ4v) is 2.68. The minimum absolute atomic E-state index is 0.619. The van der Waals surface area contributed by atoms with Crippen LogP contribution in [-0.2, 0) is 0 Å². The molecular weight excluding hydrogens is 196 g/mol. The summed E-state index contributed by atoms with van der Waals surface area (Å²) < 4.78 is 0. The van der Waals surface area contributed by atoms with Crippen molar-refractivity contribution in [3.8, 4) is 6.07 Å². The molecule has 0 saturated carbocycles. The third-order valence-electron chi connectivity index (χ3n) is 3.49. The summed E-state index contributed by atoms with van der Waals surface area (Å²) in [7, 11) is 0. The van der Waals surface area contributed by atoms with Crippen LogP contribution in [0.2, 0.25) is 0 Å². The van der Waals surface area contributed by atoms with Crippen molar-refractivity contribution in [2.24, 2.45) is 0 Å². The van der Waals surface area contributed by atoms with E-state index in [9.17, 15) is 5.26 Å². The highest BCUT2D eigenvalue weighted by atomic mass is 15.2. The van der Waals surface area contributed by atoms with Crippen molar-refractivity contribution in [1.29, 1.82) is 5.26 Å². The maximum Gasteiger partial charge on any atom is 0.101 e. The molecule has 2 rings (SSSR count). The van der Waals surface area contributed by atoms with Gasteiger partial charge in [-0.05, 0) is 37.8 Å². The first kappa shape index (κ1) is 11.0. The SMILES string of the molecule is CCC1CCCN1c1c(C)cccc1C#N. The van der Waals surface area contributed by atoms with Gasteiger partial charge in [0.2, 0.25) is 0 Å². The lowest BCUT2D eigenvalue weighted by Gasteiger charge is -2.28. The van der Waals surface area contributed by atoms with Gasteiger partial charge in [-0.25, -0.2) is 0 Å². The molecule has 1 fully saturated rings. The normalized spacial score (nSPS) is 19.8. The van der Waals surface area contributed by atoms with Gasteiger partial charge in [-0.3, -0.25) is 0 Å². The zero-order valence-electron chi connectivity index (χ0n) is 10.0. The number of hydrogen-bond donors (Lipinski definition) is 0. The summed E-state index contributed by atoms with van der Waals surface area (Å²) in [6.07, 6.45) is 3.67. The van der Waals surface area contributed by atoms with Gasteiger partial charge in [0.25, 0.3) is 0 Å². The van der Waals surface area contributed by atoms with Gasteiger partial charge in [-0.2, -0.15) is 5.26 Å². The van der Waals surface area contributed by atoms with Crippen LogP contribution in [0.3, 0.4) is 0 Å². The molecule has 0 spiro atoms. The average Bonchev–Trinajstić information content (AvgIpc) is 2.76. The third kappa shape index (κ3) is 1.78. The second-order valence-corrected chi connectivity index (χ2v) is 4.48. The van der Waals surface area contributed by atoms with Crippen LogP contribution in [0, 0.1) is 18.3 Å². The Kier molecular flexibility index (Phi) is 3.14. The van der Waals surface area contributed by atoms with Gasteiger partial charge in [-0.15, -0.1) is 0 Å². The van der Waals surface area contributed by atoms with E-state index in [1.807, 2.05) is 12.1 Å². The number of anilines is 1. The Morgan fingerprint density at radius 1 is 1.50 bits per heavy atom. The van der Waals surface area contributed by atoms with Crippen LogP contribution in [0.5, 0.6) is 0 Å². The molecule has 0 radical (unpaired) electrons. The minimum Gasteiger partial charge on any atom is -0.367 e. The summed E-state index contributed by atoms with van der Waals surface area (Å²) in [5.41, 5.74) is 3.20. The topological polar surface area (TPSA) is 27.0 Å². The van der Waals surface area contributed by atoms with E-state index in [0.29, 0.717) is 6.04 Å². The molecule has 0 N–H and O–H groups in total. The Morgan fingerprint density at radius 3 is 3.00 bits per heavy atom. The van der Waals surface area contributed by atoms with Crippen molar-refractivity contribution < 1.29 is 0 Å². The number of aryl methyl sites for hydroxylation is 1. The summed E-state index contributed by atoms with van der Waals surface area (Å²) in [4.78, 5) is 2.42. The molecule has 0 amide bonds.